The van der Waals surface area contributed by atoms with Gasteiger partial charge >= 0.3 is 0 Å². The maximum atomic E-state index is 15.1. The first-order chi connectivity index (χ1) is 14.9. The van der Waals surface area contributed by atoms with Crippen LogP contribution < -0.4 is 10.6 Å². The number of aliphatic imine (C=N–C) groups is 1. The largest absolute Gasteiger partial charge is 0.477 e. The van der Waals surface area contributed by atoms with E-state index >= 15 is 4.57 Å². The molecule has 2 aliphatic heterocycles. The van der Waals surface area contributed by atoms with Crippen LogP contribution in [0.4, 0.5) is 0 Å². The van der Waals surface area contributed by atoms with Gasteiger partial charge in [-0.1, -0.05) is 66.7 Å². The van der Waals surface area contributed by atoms with Crippen molar-refractivity contribution in [1.82, 2.24) is 4.67 Å². The van der Waals surface area contributed by atoms with Crippen molar-refractivity contribution in [3.63, 3.8) is 0 Å². The van der Waals surface area contributed by atoms with Crippen LogP contribution >= 0.6 is 7.29 Å². The van der Waals surface area contributed by atoms with E-state index < -0.39 is 12.8 Å². The number of benzene rings is 3. The molecule has 0 radical (unpaired) electrons. The van der Waals surface area contributed by atoms with Crippen molar-refractivity contribution in [2.75, 3.05) is 6.61 Å². The molecule has 5 rings (SSSR count). The zero-order valence-electron chi connectivity index (χ0n) is 18.1. The van der Waals surface area contributed by atoms with E-state index in [4.69, 9.17) is 9.73 Å². The molecule has 0 bridgehead atoms. The van der Waals surface area contributed by atoms with Gasteiger partial charge in [0.15, 0.2) is 0 Å². The molecule has 1 saturated heterocycles. The van der Waals surface area contributed by atoms with Gasteiger partial charge in [-0.05, 0) is 50.6 Å². The minimum atomic E-state index is -3.15. The molecule has 0 N–H and O–H groups in total. The highest BCUT2D eigenvalue weighted by atomic mass is 31.2. The van der Waals surface area contributed by atoms with Crippen molar-refractivity contribution in [1.29, 1.82) is 0 Å². The van der Waals surface area contributed by atoms with E-state index in [-0.39, 0.29) is 11.6 Å². The van der Waals surface area contributed by atoms with Gasteiger partial charge in [-0.15, -0.1) is 0 Å². The molecule has 0 spiro atoms. The number of rotatable bonds is 5. The summed E-state index contributed by atoms with van der Waals surface area (Å²) in [5.41, 5.74) is 0.251. The van der Waals surface area contributed by atoms with Gasteiger partial charge in [0.2, 0.25) is 13.2 Å². The van der Waals surface area contributed by atoms with Crippen molar-refractivity contribution in [3.8, 4) is 0 Å². The van der Waals surface area contributed by atoms with Gasteiger partial charge in [0, 0.05) is 10.6 Å². The lowest BCUT2D eigenvalue weighted by Crippen LogP contribution is -2.30. The maximum absolute atomic E-state index is 15.1. The van der Waals surface area contributed by atoms with Crippen LogP contribution in [0.2, 0.25) is 0 Å². The molecule has 0 saturated carbocycles. The highest BCUT2D eigenvalue weighted by molar-refractivity contribution is 7.77. The summed E-state index contributed by atoms with van der Waals surface area (Å²) in [5, 5.41) is 1.65. The summed E-state index contributed by atoms with van der Waals surface area (Å²) in [6.45, 7) is 6.79. The number of hydrogen-bond donors (Lipinski definition) is 0. The molecule has 2 heterocycles. The van der Waals surface area contributed by atoms with Crippen molar-refractivity contribution >= 4 is 23.8 Å². The Morgan fingerprint density at radius 3 is 1.77 bits per heavy atom. The number of hydrogen-bond acceptors (Lipinski definition) is 3. The predicted octanol–water partition coefficient (Wildman–Crippen LogP) is 4.94. The highest BCUT2D eigenvalue weighted by Gasteiger charge is 2.72. The monoisotopic (exact) mass is 430 g/mol. The normalized spacial score (nSPS) is 26.7. The second kappa shape index (κ2) is 7.19. The van der Waals surface area contributed by atoms with Crippen LogP contribution in [0.25, 0.3) is 0 Å². The topological polar surface area (TPSA) is 41.7 Å². The van der Waals surface area contributed by atoms with E-state index in [0.29, 0.717) is 12.5 Å². The van der Waals surface area contributed by atoms with Crippen LogP contribution in [-0.4, -0.2) is 28.3 Å². The fraction of sp³-hybridized carbons (Fsp3) is 0.269. The van der Waals surface area contributed by atoms with Crippen LogP contribution in [0.3, 0.4) is 0 Å². The minimum absolute atomic E-state index is 0.0902. The Morgan fingerprint density at radius 1 is 0.839 bits per heavy atom. The van der Waals surface area contributed by atoms with Crippen LogP contribution in [0, 0.1) is 0 Å². The van der Waals surface area contributed by atoms with Gasteiger partial charge in [-0.25, -0.2) is 9.66 Å². The first kappa shape index (κ1) is 20.2. The minimum Gasteiger partial charge on any atom is -0.477 e. The van der Waals surface area contributed by atoms with Crippen LogP contribution in [0.15, 0.2) is 96.0 Å². The molecule has 4 nitrogen and oxygen atoms in total. The molecule has 5 heteroatoms. The number of ether oxygens (including phenoxy) is 1. The second-order valence-electron chi connectivity index (χ2n) is 9.07. The summed E-state index contributed by atoms with van der Waals surface area (Å²) in [4.78, 5) is 4.91. The summed E-state index contributed by atoms with van der Waals surface area (Å²) >= 11 is 0. The zero-order valence-corrected chi connectivity index (χ0v) is 19.0. The third-order valence-electron chi connectivity index (χ3n) is 6.22. The average Bonchev–Trinajstić information content (AvgIpc) is 3.28. The molecule has 31 heavy (non-hydrogen) atoms. The quantitative estimate of drug-likeness (QED) is 0.425. The standard InChI is InChI=1S/C26H27N2O2P/c1-25(2)19-30-24(27-25)26(3)23(20-13-7-4-8-14-20)28(26)31(29,21-15-9-5-10-16-21)22-17-11-6-12-18-22/h4-18,23H,19H2,1-3H3/t23-,26-,28?/m1/s1. The summed E-state index contributed by atoms with van der Waals surface area (Å²) in [6, 6.07) is 29.8. The zero-order chi connectivity index (χ0) is 21.7. The third-order valence-corrected chi connectivity index (χ3v) is 9.47. The first-order valence-electron chi connectivity index (χ1n) is 10.7. The summed E-state index contributed by atoms with van der Waals surface area (Å²) in [5.74, 6) is 0.679. The lowest BCUT2D eigenvalue weighted by molar-refractivity contribution is 0.267. The highest BCUT2D eigenvalue weighted by Crippen LogP contribution is 2.70. The molecule has 0 aromatic heterocycles. The molecule has 3 atom stereocenters. The van der Waals surface area contributed by atoms with Crippen LogP contribution in [-0.2, 0) is 9.30 Å². The van der Waals surface area contributed by atoms with Crippen molar-refractivity contribution in [3.05, 3.63) is 96.6 Å². The van der Waals surface area contributed by atoms with Gasteiger partial charge in [0.05, 0.1) is 11.6 Å². The van der Waals surface area contributed by atoms with E-state index in [0.717, 1.165) is 16.2 Å². The average molecular weight is 430 g/mol. The van der Waals surface area contributed by atoms with E-state index in [1.165, 1.54) is 0 Å². The lowest BCUT2D eigenvalue weighted by atomic mass is 10.0. The second-order valence-corrected chi connectivity index (χ2v) is 11.7. The van der Waals surface area contributed by atoms with E-state index in [9.17, 15) is 0 Å². The Morgan fingerprint density at radius 2 is 1.32 bits per heavy atom. The van der Waals surface area contributed by atoms with E-state index in [2.05, 4.69) is 37.6 Å². The van der Waals surface area contributed by atoms with Gasteiger partial charge in [0.25, 0.3) is 0 Å². The van der Waals surface area contributed by atoms with Crippen LogP contribution in [0.5, 0.6) is 0 Å². The third kappa shape index (κ3) is 3.17. The van der Waals surface area contributed by atoms with Crippen molar-refractivity contribution in [2.45, 2.75) is 37.9 Å². The molecule has 3 aromatic rings. The van der Waals surface area contributed by atoms with Gasteiger partial charge < -0.3 is 4.74 Å². The van der Waals surface area contributed by atoms with Crippen molar-refractivity contribution < 1.29 is 9.30 Å². The molecular weight excluding hydrogens is 403 g/mol. The maximum Gasteiger partial charge on any atom is 0.208 e. The Hall–Kier alpha value is -2.68. The molecule has 0 amide bonds. The summed E-state index contributed by atoms with van der Waals surface area (Å²) in [6.07, 6.45) is 0. The smallest absolute Gasteiger partial charge is 0.208 e. The Bertz CT molecular complexity index is 1120. The molecular formula is C26H27N2O2P. The molecule has 1 unspecified atom stereocenters. The first-order valence-corrected chi connectivity index (χ1v) is 12.3. The van der Waals surface area contributed by atoms with Crippen LogP contribution in [0.1, 0.15) is 32.4 Å². The van der Waals surface area contributed by atoms with E-state index in [1.807, 2.05) is 78.9 Å². The predicted molar refractivity (Wildman–Crippen MR) is 127 cm³/mol. The molecule has 1 fully saturated rings. The van der Waals surface area contributed by atoms with E-state index in [1.54, 1.807) is 0 Å². The fourth-order valence-corrected chi connectivity index (χ4v) is 8.01. The van der Waals surface area contributed by atoms with Gasteiger partial charge in [-0.3, -0.25) is 4.57 Å². The Kier molecular flexibility index (Phi) is 4.69. The van der Waals surface area contributed by atoms with Gasteiger partial charge in [0.1, 0.15) is 12.1 Å². The van der Waals surface area contributed by atoms with Gasteiger partial charge in [-0.2, -0.15) is 0 Å². The van der Waals surface area contributed by atoms with Crippen molar-refractivity contribution in [2.24, 2.45) is 4.99 Å². The molecule has 158 valence electrons. The lowest BCUT2D eigenvalue weighted by Gasteiger charge is -2.24. The Balaban J connectivity index is 1.72. The fourth-order valence-electron chi connectivity index (χ4n) is 4.65. The summed E-state index contributed by atoms with van der Waals surface area (Å²) < 4.78 is 23.4. The molecule has 0 aliphatic carbocycles. The number of nitrogens with zero attached hydrogens (tertiary/aromatic N) is 2. The SMILES string of the molecule is CC1(C)COC([C@@]2(C)[C@@H](c3ccccc3)N2P(=O)(c2ccccc2)c2ccccc2)=N1. The molecule has 3 aromatic carbocycles. The molecule has 2 aliphatic rings. The Labute approximate surface area is 184 Å². The summed E-state index contributed by atoms with van der Waals surface area (Å²) in [7, 11) is -3.15.